The number of hydrogen-bond donors (Lipinski definition) is 1. The van der Waals surface area contributed by atoms with E-state index in [1.165, 1.54) is 0 Å². The fourth-order valence-corrected chi connectivity index (χ4v) is 4.68. The van der Waals surface area contributed by atoms with E-state index in [2.05, 4.69) is 10.3 Å². The van der Waals surface area contributed by atoms with Gasteiger partial charge in [0.05, 0.1) is 11.5 Å². The Hall–Kier alpha value is -2.41. The van der Waals surface area contributed by atoms with E-state index in [0.717, 1.165) is 22.4 Å². The first-order valence-corrected chi connectivity index (χ1v) is 10.8. The molecule has 2 aromatic rings. The van der Waals surface area contributed by atoms with Crippen LogP contribution in [0.2, 0.25) is 0 Å². The molecule has 1 aromatic heterocycles. The highest BCUT2D eigenvalue weighted by Gasteiger charge is 2.28. The van der Waals surface area contributed by atoms with Crippen molar-refractivity contribution in [2.45, 2.75) is 33.2 Å². The van der Waals surface area contributed by atoms with Crippen molar-refractivity contribution < 1.29 is 17.9 Å². The summed E-state index contributed by atoms with van der Waals surface area (Å²) in [6.07, 6.45) is 2.42. The van der Waals surface area contributed by atoms with Gasteiger partial charge in [-0.05, 0) is 43.9 Å². The highest BCUT2D eigenvalue weighted by Crippen LogP contribution is 2.29. The van der Waals surface area contributed by atoms with E-state index < -0.39 is 9.84 Å². The minimum Gasteiger partial charge on any atom is -0.438 e. The van der Waals surface area contributed by atoms with E-state index in [-0.39, 0.29) is 29.9 Å². The molecule has 3 rings (SSSR count). The number of aromatic nitrogens is 1. The summed E-state index contributed by atoms with van der Waals surface area (Å²) in [6.45, 7) is 4.24. The van der Waals surface area contributed by atoms with Crippen molar-refractivity contribution in [2.24, 2.45) is 5.92 Å². The Labute approximate surface area is 159 Å². The van der Waals surface area contributed by atoms with Gasteiger partial charge in [0.1, 0.15) is 15.6 Å². The van der Waals surface area contributed by atoms with Gasteiger partial charge in [-0.15, -0.1) is 0 Å². The lowest BCUT2D eigenvalue weighted by molar-refractivity contribution is -0.125. The number of ether oxygens (including phenoxy) is 1. The van der Waals surface area contributed by atoms with E-state index in [1.54, 1.807) is 12.3 Å². The van der Waals surface area contributed by atoms with Crippen molar-refractivity contribution in [3.63, 3.8) is 0 Å². The van der Waals surface area contributed by atoms with Crippen molar-refractivity contribution in [1.82, 2.24) is 10.3 Å². The molecule has 0 saturated carbocycles. The molecular weight excluding hydrogens is 364 g/mol. The Morgan fingerprint density at radius 2 is 1.81 bits per heavy atom. The average molecular weight is 388 g/mol. The first-order valence-electron chi connectivity index (χ1n) is 9.02. The first-order chi connectivity index (χ1) is 12.9. The van der Waals surface area contributed by atoms with Crippen LogP contribution in [0.5, 0.6) is 11.6 Å². The second kappa shape index (κ2) is 8.08. The fourth-order valence-electron chi connectivity index (χ4n) is 3.19. The van der Waals surface area contributed by atoms with Crippen LogP contribution < -0.4 is 10.1 Å². The molecule has 1 aromatic carbocycles. The summed E-state index contributed by atoms with van der Waals surface area (Å²) in [4.78, 5) is 16.7. The Bertz CT molecular complexity index is 906. The van der Waals surface area contributed by atoms with Crippen molar-refractivity contribution in [3.05, 3.63) is 53.2 Å². The maximum absolute atomic E-state index is 12.4. The largest absolute Gasteiger partial charge is 0.438 e. The van der Waals surface area contributed by atoms with Crippen molar-refractivity contribution in [3.8, 4) is 11.6 Å². The van der Waals surface area contributed by atoms with E-state index in [9.17, 15) is 13.2 Å². The summed E-state index contributed by atoms with van der Waals surface area (Å²) in [6, 6.07) is 9.59. The molecule has 1 saturated heterocycles. The molecule has 0 unspecified atom stereocenters. The quantitative estimate of drug-likeness (QED) is 0.851. The summed E-state index contributed by atoms with van der Waals surface area (Å²) < 4.78 is 29.1. The van der Waals surface area contributed by atoms with Gasteiger partial charge in [0, 0.05) is 24.2 Å². The maximum Gasteiger partial charge on any atom is 0.224 e. The third kappa shape index (κ3) is 4.86. The predicted molar refractivity (Wildman–Crippen MR) is 103 cm³/mol. The molecule has 1 N–H and O–H groups in total. The van der Waals surface area contributed by atoms with Crippen molar-refractivity contribution in [2.75, 3.05) is 11.5 Å². The average Bonchev–Trinajstić information content (AvgIpc) is 2.63. The lowest BCUT2D eigenvalue weighted by Crippen LogP contribution is -2.36. The molecule has 1 amide bonds. The third-order valence-corrected chi connectivity index (χ3v) is 6.55. The second-order valence-corrected chi connectivity index (χ2v) is 9.24. The Balaban J connectivity index is 1.67. The van der Waals surface area contributed by atoms with Gasteiger partial charge in [0.15, 0.2) is 0 Å². The molecule has 1 aliphatic heterocycles. The zero-order valence-electron chi connectivity index (χ0n) is 15.6. The second-order valence-electron chi connectivity index (χ2n) is 6.93. The van der Waals surface area contributed by atoms with Crippen LogP contribution in [0.3, 0.4) is 0 Å². The zero-order valence-corrected chi connectivity index (χ0v) is 16.4. The number of sulfone groups is 1. The SMILES string of the molecule is Cc1cccc(C)c1Oc1ncccc1CNC(=O)C1CCS(=O)(=O)CC1. The van der Waals surface area contributed by atoms with E-state index in [4.69, 9.17) is 4.74 Å². The Morgan fingerprint density at radius 1 is 1.15 bits per heavy atom. The Kier molecular flexibility index (Phi) is 5.79. The van der Waals surface area contributed by atoms with Gasteiger partial charge >= 0.3 is 0 Å². The highest BCUT2D eigenvalue weighted by molar-refractivity contribution is 7.91. The third-order valence-electron chi connectivity index (χ3n) is 4.84. The summed E-state index contributed by atoms with van der Waals surface area (Å²) in [7, 11) is -2.98. The maximum atomic E-state index is 12.4. The number of hydrogen-bond acceptors (Lipinski definition) is 5. The molecule has 27 heavy (non-hydrogen) atoms. The summed E-state index contributed by atoms with van der Waals surface area (Å²) in [5, 5.41) is 2.90. The molecule has 1 aliphatic rings. The topological polar surface area (TPSA) is 85.4 Å². The van der Waals surface area contributed by atoms with Gasteiger partial charge in [-0.1, -0.05) is 24.3 Å². The highest BCUT2D eigenvalue weighted by atomic mass is 32.2. The number of pyridine rings is 1. The van der Waals surface area contributed by atoms with Gasteiger partial charge in [-0.2, -0.15) is 0 Å². The summed E-state index contributed by atoms with van der Waals surface area (Å²) in [5.41, 5.74) is 2.80. The molecule has 0 bridgehead atoms. The molecule has 0 radical (unpaired) electrons. The summed E-state index contributed by atoms with van der Waals surface area (Å²) >= 11 is 0. The number of amides is 1. The number of nitrogens with one attached hydrogen (secondary N) is 1. The molecule has 1 fully saturated rings. The molecular formula is C20H24N2O4S. The van der Waals surface area contributed by atoms with E-state index in [1.807, 2.05) is 38.1 Å². The van der Waals surface area contributed by atoms with Crippen LogP contribution >= 0.6 is 0 Å². The fraction of sp³-hybridized carbons (Fsp3) is 0.400. The lowest BCUT2D eigenvalue weighted by Gasteiger charge is -2.21. The number of benzene rings is 1. The minimum absolute atomic E-state index is 0.0822. The van der Waals surface area contributed by atoms with Gasteiger partial charge in [-0.3, -0.25) is 4.79 Å². The standard InChI is InChI=1S/C20H24N2O4S/c1-14-5-3-6-15(2)18(14)26-20-17(7-4-10-21-20)13-22-19(23)16-8-11-27(24,25)12-9-16/h3-7,10,16H,8-9,11-13H2,1-2H3,(H,22,23). The molecule has 0 atom stereocenters. The van der Waals surface area contributed by atoms with Gasteiger partial charge in [0.2, 0.25) is 11.8 Å². The van der Waals surface area contributed by atoms with Crippen LogP contribution in [-0.2, 0) is 21.2 Å². The Morgan fingerprint density at radius 3 is 2.48 bits per heavy atom. The zero-order chi connectivity index (χ0) is 19.4. The van der Waals surface area contributed by atoms with Gasteiger partial charge in [-0.25, -0.2) is 13.4 Å². The molecule has 7 heteroatoms. The van der Waals surface area contributed by atoms with Crippen molar-refractivity contribution >= 4 is 15.7 Å². The number of nitrogens with zero attached hydrogens (tertiary/aromatic N) is 1. The van der Waals surface area contributed by atoms with Crippen molar-refractivity contribution in [1.29, 1.82) is 0 Å². The minimum atomic E-state index is -2.98. The molecule has 2 heterocycles. The van der Waals surface area contributed by atoms with Crippen LogP contribution in [0.25, 0.3) is 0 Å². The lowest BCUT2D eigenvalue weighted by atomic mass is 10.0. The molecule has 6 nitrogen and oxygen atoms in total. The predicted octanol–water partition coefficient (Wildman–Crippen LogP) is 2.93. The first kappa shape index (κ1) is 19.4. The number of rotatable bonds is 5. The monoisotopic (exact) mass is 388 g/mol. The van der Waals surface area contributed by atoms with E-state index >= 15 is 0 Å². The van der Waals surface area contributed by atoms with Crippen LogP contribution in [0.1, 0.15) is 29.5 Å². The number of para-hydroxylation sites is 1. The summed E-state index contributed by atoms with van der Waals surface area (Å²) in [5.74, 6) is 1.01. The molecule has 144 valence electrons. The van der Waals surface area contributed by atoms with Gasteiger partial charge < -0.3 is 10.1 Å². The molecule has 0 aliphatic carbocycles. The van der Waals surface area contributed by atoms with E-state index in [0.29, 0.717) is 18.7 Å². The van der Waals surface area contributed by atoms with Crippen LogP contribution in [0.15, 0.2) is 36.5 Å². The number of aryl methyl sites for hydroxylation is 2. The van der Waals surface area contributed by atoms with Crippen LogP contribution in [-0.4, -0.2) is 30.8 Å². The van der Waals surface area contributed by atoms with Gasteiger partial charge in [0.25, 0.3) is 0 Å². The van der Waals surface area contributed by atoms with Crippen LogP contribution in [0.4, 0.5) is 0 Å². The normalized spacial score (nSPS) is 16.7. The number of carbonyl (C=O) groups excluding carboxylic acids is 1. The molecule has 0 spiro atoms. The number of carbonyl (C=O) groups is 1. The smallest absolute Gasteiger partial charge is 0.224 e. The van der Waals surface area contributed by atoms with Crippen LogP contribution in [0, 0.1) is 19.8 Å².